The summed E-state index contributed by atoms with van der Waals surface area (Å²) < 4.78 is 19.6. The maximum Gasteiger partial charge on any atom is 0.251 e. The minimum absolute atomic E-state index is 0.182. The number of carbonyl (C=O) groups excluding carboxylic acids is 2. The quantitative estimate of drug-likeness (QED) is 0.602. The van der Waals surface area contributed by atoms with Crippen LogP contribution in [-0.2, 0) is 17.5 Å². The van der Waals surface area contributed by atoms with Crippen LogP contribution in [0.5, 0.6) is 5.75 Å². The standard InChI is InChI=1S/C25H22N2O4S/c1-27-22-13-10-19(25(29)26-16-18-8-11-20(31-2)12-9-18)15-21(22)24(28)23(32(27)30)14-17-6-4-3-5-7-17/h3-15H,16H2,1-2H3,(H,26,29)/b23-14-. The zero-order valence-corrected chi connectivity index (χ0v) is 18.5. The Labute approximate surface area is 189 Å². The van der Waals surface area contributed by atoms with E-state index in [9.17, 15) is 13.8 Å². The van der Waals surface area contributed by atoms with E-state index < -0.39 is 11.0 Å². The minimum atomic E-state index is -1.63. The van der Waals surface area contributed by atoms with Crippen LogP contribution in [0.25, 0.3) is 6.08 Å². The Kier molecular flexibility index (Phi) is 6.18. The lowest BCUT2D eigenvalue weighted by molar-refractivity contribution is 0.0951. The van der Waals surface area contributed by atoms with Gasteiger partial charge < -0.3 is 10.1 Å². The highest BCUT2D eigenvalue weighted by molar-refractivity contribution is 7.91. The molecule has 0 radical (unpaired) electrons. The number of rotatable bonds is 5. The van der Waals surface area contributed by atoms with Gasteiger partial charge in [0.2, 0.25) is 5.78 Å². The normalized spacial score (nSPS) is 16.6. The van der Waals surface area contributed by atoms with Gasteiger partial charge in [-0.2, -0.15) is 0 Å². The molecule has 0 bridgehead atoms. The van der Waals surface area contributed by atoms with Crippen LogP contribution < -0.4 is 14.4 Å². The molecule has 1 heterocycles. The number of allylic oxidation sites excluding steroid dienone is 1. The van der Waals surface area contributed by atoms with Crippen molar-refractivity contribution in [3.05, 3.63) is 100.0 Å². The molecule has 7 heteroatoms. The number of hydrogen-bond donors (Lipinski definition) is 1. The molecule has 0 saturated heterocycles. The van der Waals surface area contributed by atoms with Crippen molar-refractivity contribution >= 4 is 34.4 Å². The number of Topliss-reactive ketones (excluding diaryl/α,β-unsaturated/α-hetero) is 1. The van der Waals surface area contributed by atoms with Crippen molar-refractivity contribution in [2.45, 2.75) is 6.54 Å². The molecule has 1 aliphatic heterocycles. The first-order valence-electron chi connectivity index (χ1n) is 10.00. The number of amides is 1. The lowest BCUT2D eigenvalue weighted by Crippen LogP contribution is -2.32. The van der Waals surface area contributed by atoms with E-state index in [4.69, 9.17) is 4.74 Å². The van der Waals surface area contributed by atoms with Crippen LogP contribution in [0.1, 0.15) is 31.8 Å². The Bertz CT molecular complexity index is 1220. The largest absolute Gasteiger partial charge is 0.497 e. The number of fused-ring (bicyclic) bond motifs is 1. The van der Waals surface area contributed by atoms with Gasteiger partial charge in [-0.25, -0.2) is 4.21 Å². The van der Waals surface area contributed by atoms with E-state index in [0.29, 0.717) is 23.4 Å². The van der Waals surface area contributed by atoms with E-state index in [2.05, 4.69) is 5.32 Å². The monoisotopic (exact) mass is 446 g/mol. The number of benzene rings is 3. The minimum Gasteiger partial charge on any atom is -0.497 e. The Balaban J connectivity index is 1.58. The van der Waals surface area contributed by atoms with Crippen LogP contribution in [0, 0.1) is 0 Å². The SMILES string of the molecule is COc1ccc(CNC(=O)c2ccc3c(c2)C(=O)/C(=C/c2ccccc2)S(=O)N3C)cc1. The van der Waals surface area contributed by atoms with Crippen molar-refractivity contribution in [1.82, 2.24) is 5.32 Å². The molecule has 1 aliphatic rings. The van der Waals surface area contributed by atoms with Crippen LogP contribution in [0.4, 0.5) is 5.69 Å². The molecule has 4 rings (SSSR count). The second kappa shape index (κ2) is 9.20. The van der Waals surface area contributed by atoms with Gasteiger partial charge in [0.05, 0.1) is 12.8 Å². The average Bonchev–Trinajstić information content (AvgIpc) is 2.84. The first kappa shape index (κ1) is 21.5. The third-order valence-electron chi connectivity index (χ3n) is 5.21. The summed E-state index contributed by atoms with van der Waals surface area (Å²) in [7, 11) is 1.64. The molecule has 1 N–H and O–H groups in total. The lowest BCUT2D eigenvalue weighted by Gasteiger charge is -2.27. The molecule has 3 aromatic carbocycles. The first-order chi connectivity index (χ1) is 15.5. The summed E-state index contributed by atoms with van der Waals surface area (Å²) in [5, 5.41) is 2.87. The van der Waals surface area contributed by atoms with E-state index in [-0.39, 0.29) is 16.6 Å². The number of anilines is 1. The van der Waals surface area contributed by atoms with Crippen LogP contribution >= 0.6 is 0 Å². The molecule has 0 aliphatic carbocycles. The topological polar surface area (TPSA) is 75.7 Å². The van der Waals surface area contributed by atoms with Crippen LogP contribution in [-0.4, -0.2) is 30.1 Å². The molecule has 0 fully saturated rings. The van der Waals surface area contributed by atoms with Gasteiger partial charge in [-0.3, -0.25) is 13.9 Å². The summed E-state index contributed by atoms with van der Waals surface area (Å²) in [5.41, 5.74) is 2.97. The predicted molar refractivity (Wildman–Crippen MR) is 126 cm³/mol. The molecule has 32 heavy (non-hydrogen) atoms. The molecule has 1 atom stereocenters. The molecule has 0 saturated carbocycles. The fourth-order valence-electron chi connectivity index (χ4n) is 3.43. The van der Waals surface area contributed by atoms with E-state index in [1.54, 1.807) is 42.7 Å². The van der Waals surface area contributed by atoms with Gasteiger partial charge in [0.25, 0.3) is 5.91 Å². The molecular weight excluding hydrogens is 424 g/mol. The Morgan fingerprint density at radius 1 is 1.06 bits per heavy atom. The van der Waals surface area contributed by atoms with Gasteiger partial charge >= 0.3 is 0 Å². The van der Waals surface area contributed by atoms with Crippen molar-refractivity contribution in [2.75, 3.05) is 18.5 Å². The third kappa shape index (κ3) is 4.33. The maximum absolute atomic E-state index is 13.2. The molecular formula is C25H22N2O4S. The van der Waals surface area contributed by atoms with Crippen molar-refractivity contribution in [1.29, 1.82) is 0 Å². The third-order valence-corrected chi connectivity index (χ3v) is 6.59. The number of methoxy groups -OCH3 is 1. The molecule has 3 aromatic rings. The maximum atomic E-state index is 13.2. The fraction of sp³-hybridized carbons (Fsp3) is 0.120. The van der Waals surface area contributed by atoms with Crippen molar-refractivity contribution in [2.24, 2.45) is 0 Å². The van der Waals surface area contributed by atoms with Gasteiger partial charge in [-0.15, -0.1) is 0 Å². The lowest BCUT2D eigenvalue weighted by atomic mass is 10.0. The zero-order valence-electron chi connectivity index (χ0n) is 17.7. The van der Waals surface area contributed by atoms with E-state index >= 15 is 0 Å². The second-order valence-corrected chi connectivity index (χ2v) is 8.74. The fourth-order valence-corrected chi connectivity index (χ4v) is 4.57. The predicted octanol–water partition coefficient (Wildman–Crippen LogP) is 3.96. The van der Waals surface area contributed by atoms with Gasteiger partial charge in [0.1, 0.15) is 10.7 Å². The summed E-state index contributed by atoms with van der Waals surface area (Å²) in [5.74, 6) is 0.110. The molecule has 0 spiro atoms. The number of nitrogens with one attached hydrogen (secondary N) is 1. The van der Waals surface area contributed by atoms with E-state index in [1.807, 2.05) is 54.6 Å². The summed E-state index contributed by atoms with van der Waals surface area (Å²) in [6.45, 7) is 0.344. The molecule has 6 nitrogen and oxygen atoms in total. The van der Waals surface area contributed by atoms with Crippen LogP contribution in [0.2, 0.25) is 0 Å². The Morgan fingerprint density at radius 3 is 2.47 bits per heavy atom. The smallest absolute Gasteiger partial charge is 0.251 e. The molecule has 1 amide bonds. The van der Waals surface area contributed by atoms with E-state index in [0.717, 1.165) is 16.9 Å². The Morgan fingerprint density at radius 2 is 1.78 bits per heavy atom. The second-order valence-electron chi connectivity index (χ2n) is 7.26. The van der Waals surface area contributed by atoms with E-state index in [1.165, 1.54) is 0 Å². The van der Waals surface area contributed by atoms with Crippen molar-refractivity contribution < 1.29 is 18.5 Å². The highest BCUT2D eigenvalue weighted by Gasteiger charge is 2.32. The zero-order chi connectivity index (χ0) is 22.7. The highest BCUT2D eigenvalue weighted by atomic mass is 32.2. The number of hydrogen-bond acceptors (Lipinski definition) is 4. The molecule has 162 valence electrons. The average molecular weight is 447 g/mol. The van der Waals surface area contributed by atoms with Crippen LogP contribution in [0.3, 0.4) is 0 Å². The number of ketones is 1. The number of nitrogens with zero attached hydrogens (tertiary/aromatic N) is 1. The van der Waals surface area contributed by atoms with Crippen molar-refractivity contribution in [3.63, 3.8) is 0 Å². The molecule has 0 aromatic heterocycles. The number of ether oxygens (including phenoxy) is 1. The van der Waals surface area contributed by atoms with Gasteiger partial charge in [-0.05, 0) is 47.5 Å². The summed E-state index contributed by atoms with van der Waals surface area (Å²) in [4.78, 5) is 26.1. The van der Waals surface area contributed by atoms with Gasteiger partial charge in [-0.1, -0.05) is 42.5 Å². The van der Waals surface area contributed by atoms with Crippen LogP contribution in [0.15, 0.2) is 77.7 Å². The summed E-state index contributed by atoms with van der Waals surface area (Å²) in [6, 6.07) is 21.5. The summed E-state index contributed by atoms with van der Waals surface area (Å²) in [6.07, 6.45) is 1.63. The summed E-state index contributed by atoms with van der Waals surface area (Å²) >= 11 is 0. The first-order valence-corrected chi connectivity index (χ1v) is 11.1. The van der Waals surface area contributed by atoms with Crippen molar-refractivity contribution in [3.8, 4) is 5.75 Å². The molecule has 1 unspecified atom stereocenters. The number of carbonyl (C=O) groups is 2. The van der Waals surface area contributed by atoms with Gasteiger partial charge in [0.15, 0.2) is 11.0 Å². The highest BCUT2D eigenvalue weighted by Crippen LogP contribution is 2.33. The Hall–Kier alpha value is -3.71. The van der Waals surface area contributed by atoms with Gasteiger partial charge in [0, 0.05) is 24.7 Å².